The number of aliphatic hydroxyl groups is 3. The minimum atomic E-state index is -0.568. The van der Waals surface area contributed by atoms with Crippen molar-refractivity contribution >= 4 is 0 Å². The third-order valence-corrected chi connectivity index (χ3v) is 13.2. The van der Waals surface area contributed by atoms with E-state index in [9.17, 15) is 15.3 Å². The molecular weight excluding hydrogens is 472 g/mol. The van der Waals surface area contributed by atoms with Gasteiger partial charge < -0.3 is 20.1 Å². The van der Waals surface area contributed by atoms with Gasteiger partial charge in [0.15, 0.2) is 0 Å². The lowest BCUT2D eigenvalue weighted by Gasteiger charge is -2.67. The Kier molecular flexibility index (Phi) is 8.24. The van der Waals surface area contributed by atoms with E-state index in [1.54, 1.807) is 0 Å². The highest BCUT2D eigenvalue weighted by Gasteiger charge is 2.65. The minimum absolute atomic E-state index is 0.0648. The normalized spacial score (nSPS) is 48.9. The Morgan fingerprint density at radius 1 is 0.895 bits per heavy atom. The molecule has 218 valence electrons. The van der Waals surface area contributed by atoms with Crippen molar-refractivity contribution in [2.24, 2.45) is 51.8 Å². The molecule has 5 fully saturated rings. The Bertz CT molecular complexity index is 863. The average Bonchev–Trinajstić information content (AvgIpc) is 3.30. The number of fused-ring (bicyclic) bond motifs is 5. The summed E-state index contributed by atoms with van der Waals surface area (Å²) >= 11 is 0. The third kappa shape index (κ3) is 4.86. The van der Waals surface area contributed by atoms with Gasteiger partial charge in [-0.05, 0) is 136 Å². The zero-order valence-electron chi connectivity index (χ0n) is 25.3. The van der Waals surface area contributed by atoms with Gasteiger partial charge in [0.05, 0.1) is 24.9 Å². The first kappa shape index (κ1) is 29.1. The molecule has 8 unspecified atom stereocenters. The van der Waals surface area contributed by atoms with Crippen molar-refractivity contribution in [3.8, 4) is 0 Å². The van der Waals surface area contributed by atoms with E-state index in [4.69, 9.17) is 4.74 Å². The van der Waals surface area contributed by atoms with E-state index in [-0.39, 0.29) is 18.8 Å². The van der Waals surface area contributed by atoms with Crippen LogP contribution in [-0.4, -0.2) is 46.3 Å². The van der Waals surface area contributed by atoms with E-state index in [1.165, 1.54) is 50.5 Å². The third-order valence-electron chi connectivity index (χ3n) is 13.2. The molecule has 4 heteroatoms. The van der Waals surface area contributed by atoms with Gasteiger partial charge in [0.1, 0.15) is 6.10 Å². The van der Waals surface area contributed by atoms with Crippen molar-refractivity contribution in [2.75, 3.05) is 6.61 Å². The SMILES string of the molecule is CC(C)=CCCC(C1CC[C@H](O)C(CO)O1)C1CCC2C1[C@H](O)CC1[C@@]2(C)CCC2C(C)(C)CCC[C@@]21C. The molecule has 0 aromatic carbocycles. The Balaban J connectivity index is 1.42. The number of hydrogen-bond acceptors (Lipinski definition) is 4. The molecule has 38 heavy (non-hydrogen) atoms. The molecule has 0 bridgehead atoms. The highest BCUT2D eigenvalue weighted by Crippen LogP contribution is 2.71. The second kappa shape index (κ2) is 10.8. The molecule has 0 radical (unpaired) electrons. The summed E-state index contributed by atoms with van der Waals surface area (Å²) in [6, 6.07) is 0. The van der Waals surface area contributed by atoms with Crippen LogP contribution in [0.1, 0.15) is 119 Å². The van der Waals surface area contributed by atoms with Gasteiger partial charge in [-0.3, -0.25) is 0 Å². The summed E-state index contributed by atoms with van der Waals surface area (Å²) in [5, 5.41) is 32.3. The molecule has 1 aliphatic heterocycles. The topological polar surface area (TPSA) is 69.9 Å². The highest BCUT2D eigenvalue weighted by molar-refractivity contribution is 5.14. The molecule has 1 heterocycles. The zero-order valence-corrected chi connectivity index (χ0v) is 25.3. The maximum absolute atomic E-state index is 12.0. The molecule has 12 atom stereocenters. The largest absolute Gasteiger partial charge is 0.394 e. The smallest absolute Gasteiger partial charge is 0.107 e. The van der Waals surface area contributed by atoms with Gasteiger partial charge in [-0.15, -0.1) is 0 Å². The summed E-state index contributed by atoms with van der Waals surface area (Å²) in [4.78, 5) is 0. The van der Waals surface area contributed by atoms with Crippen LogP contribution in [0.3, 0.4) is 0 Å². The first-order chi connectivity index (χ1) is 17.9. The van der Waals surface area contributed by atoms with Crippen LogP contribution in [0.2, 0.25) is 0 Å². The summed E-state index contributed by atoms with van der Waals surface area (Å²) in [6.07, 6.45) is 14.9. The quantitative estimate of drug-likeness (QED) is 0.327. The maximum atomic E-state index is 12.0. The minimum Gasteiger partial charge on any atom is -0.394 e. The Morgan fingerprint density at radius 2 is 1.66 bits per heavy atom. The molecule has 5 rings (SSSR count). The molecule has 4 saturated carbocycles. The molecule has 0 aromatic rings. The van der Waals surface area contributed by atoms with Gasteiger partial charge in [0, 0.05) is 0 Å². The summed E-state index contributed by atoms with van der Waals surface area (Å²) in [6.45, 7) is 14.5. The van der Waals surface area contributed by atoms with Crippen molar-refractivity contribution in [3.05, 3.63) is 11.6 Å². The zero-order chi connectivity index (χ0) is 27.5. The molecule has 0 amide bonds. The average molecular weight is 531 g/mol. The number of rotatable bonds is 6. The molecule has 5 aliphatic rings. The first-order valence-electron chi connectivity index (χ1n) is 16.2. The Labute approximate surface area is 233 Å². The van der Waals surface area contributed by atoms with Crippen molar-refractivity contribution in [1.29, 1.82) is 0 Å². The van der Waals surface area contributed by atoms with Crippen molar-refractivity contribution < 1.29 is 20.1 Å². The van der Waals surface area contributed by atoms with Crippen molar-refractivity contribution in [3.63, 3.8) is 0 Å². The summed E-state index contributed by atoms with van der Waals surface area (Å²) in [5.41, 5.74) is 2.43. The summed E-state index contributed by atoms with van der Waals surface area (Å²) in [7, 11) is 0. The number of aliphatic hydroxyl groups excluding tert-OH is 3. The standard InChI is InChI=1S/C34H58O4/c1-21(2)9-7-10-22(27-14-13-25(36)28(20-35)38-27)23-11-12-24-31(23)26(37)19-30-33(24,5)18-15-29-32(3,4)16-8-17-34(29,30)6/h9,22-31,35-37H,7-8,10-20H2,1-6H3/t22?,23?,24?,25-,26+,27?,28?,29?,30?,31?,33-,34-/m0/s1. The number of allylic oxidation sites excluding steroid dienone is 2. The Morgan fingerprint density at radius 3 is 2.37 bits per heavy atom. The maximum Gasteiger partial charge on any atom is 0.107 e. The summed E-state index contributed by atoms with van der Waals surface area (Å²) < 4.78 is 6.43. The van der Waals surface area contributed by atoms with Crippen molar-refractivity contribution in [1.82, 2.24) is 0 Å². The van der Waals surface area contributed by atoms with E-state index in [0.29, 0.717) is 52.3 Å². The monoisotopic (exact) mass is 530 g/mol. The van der Waals surface area contributed by atoms with Crippen LogP contribution in [0.25, 0.3) is 0 Å². The lowest BCUT2D eigenvalue weighted by molar-refractivity contribution is -0.203. The number of ether oxygens (including phenoxy) is 1. The molecule has 4 aliphatic carbocycles. The van der Waals surface area contributed by atoms with Gasteiger partial charge in [-0.1, -0.05) is 45.8 Å². The molecule has 3 N–H and O–H groups in total. The molecular formula is C34H58O4. The van der Waals surface area contributed by atoms with Crippen LogP contribution in [0.15, 0.2) is 11.6 Å². The van der Waals surface area contributed by atoms with Gasteiger partial charge >= 0.3 is 0 Å². The van der Waals surface area contributed by atoms with E-state index >= 15 is 0 Å². The van der Waals surface area contributed by atoms with Gasteiger partial charge in [-0.2, -0.15) is 0 Å². The fraction of sp³-hybridized carbons (Fsp3) is 0.941. The van der Waals surface area contributed by atoms with E-state index in [1.807, 2.05) is 0 Å². The fourth-order valence-corrected chi connectivity index (χ4v) is 11.6. The van der Waals surface area contributed by atoms with Crippen LogP contribution < -0.4 is 0 Å². The molecule has 0 aromatic heterocycles. The van der Waals surface area contributed by atoms with E-state index < -0.39 is 12.2 Å². The Hall–Kier alpha value is -0.420. The highest BCUT2D eigenvalue weighted by atomic mass is 16.5. The lowest BCUT2D eigenvalue weighted by atomic mass is 9.38. The van der Waals surface area contributed by atoms with Crippen LogP contribution in [0.4, 0.5) is 0 Å². The second-order valence-electron chi connectivity index (χ2n) is 15.8. The predicted octanol–water partition coefficient (Wildman–Crippen LogP) is 6.91. The first-order valence-corrected chi connectivity index (χ1v) is 16.2. The van der Waals surface area contributed by atoms with Gasteiger partial charge in [-0.25, -0.2) is 0 Å². The predicted molar refractivity (Wildman–Crippen MR) is 154 cm³/mol. The van der Waals surface area contributed by atoms with Gasteiger partial charge in [0.25, 0.3) is 0 Å². The van der Waals surface area contributed by atoms with Crippen LogP contribution in [-0.2, 0) is 4.74 Å². The van der Waals surface area contributed by atoms with Crippen molar-refractivity contribution in [2.45, 2.75) is 143 Å². The summed E-state index contributed by atoms with van der Waals surface area (Å²) in [5.74, 6) is 3.18. The number of hydrogen-bond donors (Lipinski definition) is 3. The molecule has 1 saturated heterocycles. The lowest BCUT2D eigenvalue weighted by Crippen LogP contribution is -2.61. The van der Waals surface area contributed by atoms with Crippen LogP contribution in [0.5, 0.6) is 0 Å². The fourth-order valence-electron chi connectivity index (χ4n) is 11.6. The molecule has 4 nitrogen and oxygen atoms in total. The molecule has 0 spiro atoms. The van der Waals surface area contributed by atoms with Gasteiger partial charge in [0.2, 0.25) is 0 Å². The van der Waals surface area contributed by atoms with E-state index in [0.717, 1.165) is 31.6 Å². The second-order valence-corrected chi connectivity index (χ2v) is 15.8. The van der Waals surface area contributed by atoms with Crippen LogP contribution in [0, 0.1) is 51.8 Å². The van der Waals surface area contributed by atoms with Crippen LogP contribution >= 0.6 is 0 Å². The van der Waals surface area contributed by atoms with E-state index in [2.05, 4.69) is 47.6 Å².